The van der Waals surface area contributed by atoms with Gasteiger partial charge in [0, 0.05) is 25.7 Å². The molecule has 1 aromatic rings. The smallest absolute Gasteiger partial charge is 0.239 e. The number of hydrogen-bond acceptors (Lipinski definition) is 5. The van der Waals surface area contributed by atoms with Crippen molar-refractivity contribution in [2.75, 3.05) is 37.2 Å². The Hall–Kier alpha value is -1.22. The van der Waals surface area contributed by atoms with Gasteiger partial charge in [-0.2, -0.15) is 0 Å². The maximum Gasteiger partial charge on any atom is 0.239 e. The highest BCUT2D eigenvalue weighted by molar-refractivity contribution is 7.89. The Balaban J connectivity index is 1.74. The van der Waals surface area contributed by atoms with Crippen LogP contribution in [0.5, 0.6) is 5.75 Å². The quantitative estimate of drug-likeness (QED) is 0.584. The van der Waals surface area contributed by atoms with Crippen molar-refractivity contribution in [3.05, 3.63) is 22.2 Å². The van der Waals surface area contributed by atoms with Crippen LogP contribution in [0.1, 0.15) is 19.8 Å². The average Bonchev–Trinajstić information content (AvgIpc) is 2.62. The summed E-state index contributed by atoms with van der Waals surface area (Å²) in [6.45, 7) is 3.10. The van der Waals surface area contributed by atoms with E-state index in [-0.39, 0.29) is 39.9 Å². The van der Waals surface area contributed by atoms with E-state index in [0.717, 1.165) is 12.8 Å². The minimum Gasteiger partial charge on any atom is -0.506 e. The van der Waals surface area contributed by atoms with Gasteiger partial charge < -0.3 is 15.7 Å². The molecule has 0 atom stereocenters. The Morgan fingerprint density at radius 2 is 1.88 bits per heavy atom. The largest absolute Gasteiger partial charge is 0.506 e. The molecule has 0 bridgehead atoms. The van der Waals surface area contributed by atoms with E-state index in [1.807, 2.05) is 0 Å². The first-order valence-electron chi connectivity index (χ1n) is 8.39. The predicted molar refractivity (Wildman–Crippen MR) is 103 cm³/mol. The molecule has 10 heteroatoms. The molecule has 0 saturated carbocycles. The van der Waals surface area contributed by atoms with Crippen LogP contribution >= 0.6 is 23.2 Å². The minimum absolute atomic E-state index is 0.0193. The first-order valence-corrected chi connectivity index (χ1v) is 10.8. The average molecular weight is 424 g/mol. The third kappa shape index (κ3) is 5.64. The van der Waals surface area contributed by atoms with Crippen molar-refractivity contribution in [2.24, 2.45) is 5.92 Å². The Morgan fingerprint density at radius 3 is 2.50 bits per heavy atom. The van der Waals surface area contributed by atoms with Crippen molar-refractivity contribution in [1.29, 1.82) is 0 Å². The van der Waals surface area contributed by atoms with Gasteiger partial charge in [-0.05, 0) is 31.7 Å². The molecule has 0 radical (unpaired) electrons. The summed E-state index contributed by atoms with van der Waals surface area (Å²) in [6, 6.07) is 2.76. The number of nitrogens with zero attached hydrogens (tertiary/aromatic N) is 1. The molecule has 0 aliphatic carbocycles. The number of sulfonamides is 1. The Bertz CT molecular complexity index is 750. The van der Waals surface area contributed by atoms with E-state index in [0.29, 0.717) is 25.3 Å². The fourth-order valence-electron chi connectivity index (χ4n) is 2.75. The Kier molecular flexibility index (Phi) is 7.40. The molecule has 1 fully saturated rings. The van der Waals surface area contributed by atoms with Gasteiger partial charge in [0.05, 0.1) is 28.0 Å². The zero-order valence-corrected chi connectivity index (χ0v) is 16.8. The lowest BCUT2D eigenvalue weighted by molar-refractivity contribution is -0.119. The number of aromatic hydroxyl groups is 1. The first kappa shape index (κ1) is 21.1. The van der Waals surface area contributed by atoms with E-state index in [9.17, 15) is 18.3 Å². The van der Waals surface area contributed by atoms with Gasteiger partial charge in [0.25, 0.3) is 0 Å². The zero-order valence-electron chi connectivity index (χ0n) is 14.5. The molecule has 1 aliphatic heterocycles. The SMILES string of the molecule is CCS(=O)(=O)N1CCC(CNC(=O)CNc2cc(Cl)c(Cl)cc2O)CC1. The molecule has 0 spiro atoms. The second kappa shape index (κ2) is 9.12. The van der Waals surface area contributed by atoms with Crippen molar-refractivity contribution in [1.82, 2.24) is 9.62 Å². The number of halogens is 2. The highest BCUT2D eigenvalue weighted by atomic mass is 35.5. The van der Waals surface area contributed by atoms with E-state index < -0.39 is 10.0 Å². The molecule has 0 unspecified atom stereocenters. The number of carbonyl (C=O) groups is 1. The summed E-state index contributed by atoms with van der Waals surface area (Å²) in [5.74, 6) is 0.0539. The van der Waals surface area contributed by atoms with Gasteiger partial charge in [-0.15, -0.1) is 0 Å². The van der Waals surface area contributed by atoms with Crippen LogP contribution in [-0.2, 0) is 14.8 Å². The molecule has 1 aliphatic rings. The lowest BCUT2D eigenvalue weighted by atomic mass is 9.98. The van der Waals surface area contributed by atoms with Crippen LogP contribution in [0.15, 0.2) is 12.1 Å². The lowest BCUT2D eigenvalue weighted by Gasteiger charge is -2.31. The fourth-order valence-corrected chi connectivity index (χ4v) is 4.20. The summed E-state index contributed by atoms with van der Waals surface area (Å²) < 4.78 is 25.2. The highest BCUT2D eigenvalue weighted by Gasteiger charge is 2.26. The van der Waals surface area contributed by atoms with Crippen molar-refractivity contribution < 1.29 is 18.3 Å². The van der Waals surface area contributed by atoms with Crippen molar-refractivity contribution >= 4 is 44.8 Å². The van der Waals surface area contributed by atoms with Crippen molar-refractivity contribution in [3.8, 4) is 5.75 Å². The van der Waals surface area contributed by atoms with Crippen LogP contribution in [0.2, 0.25) is 10.0 Å². The number of carbonyl (C=O) groups excluding carboxylic acids is 1. The van der Waals surface area contributed by atoms with Crippen molar-refractivity contribution in [2.45, 2.75) is 19.8 Å². The number of benzene rings is 1. The molecule has 1 saturated heterocycles. The molecule has 1 heterocycles. The third-order valence-electron chi connectivity index (χ3n) is 4.40. The summed E-state index contributed by atoms with van der Waals surface area (Å²) in [4.78, 5) is 12.0. The molecule has 146 valence electrons. The maximum atomic E-state index is 12.0. The van der Waals surface area contributed by atoms with Gasteiger partial charge in [-0.3, -0.25) is 4.79 Å². The monoisotopic (exact) mass is 423 g/mol. The number of piperidine rings is 1. The van der Waals surface area contributed by atoms with Gasteiger partial charge in [0.2, 0.25) is 15.9 Å². The van der Waals surface area contributed by atoms with Crippen LogP contribution in [0, 0.1) is 5.92 Å². The standard InChI is InChI=1S/C16H23Cl2N3O4S/c1-2-26(24,25)21-5-3-11(4-6-21)9-20-16(23)10-19-14-7-12(17)13(18)8-15(14)22/h7-8,11,19,22H,2-6,9-10H2,1H3,(H,20,23). The lowest BCUT2D eigenvalue weighted by Crippen LogP contribution is -2.42. The van der Waals surface area contributed by atoms with E-state index in [1.54, 1.807) is 6.92 Å². The number of phenols is 1. The maximum absolute atomic E-state index is 12.0. The van der Waals surface area contributed by atoms with Gasteiger partial charge in [-0.1, -0.05) is 23.2 Å². The summed E-state index contributed by atoms with van der Waals surface area (Å²) in [5, 5.41) is 15.9. The number of phenolic OH excluding ortho intramolecular Hbond substituents is 1. The molecule has 1 aromatic carbocycles. The molecular weight excluding hydrogens is 401 g/mol. The van der Waals surface area contributed by atoms with Gasteiger partial charge in [-0.25, -0.2) is 12.7 Å². The van der Waals surface area contributed by atoms with Crippen LogP contribution in [0.25, 0.3) is 0 Å². The highest BCUT2D eigenvalue weighted by Crippen LogP contribution is 2.33. The number of anilines is 1. The van der Waals surface area contributed by atoms with Gasteiger partial charge in [0.15, 0.2) is 0 Å². The first-order chi connectivity index (χ1) is 12.2. The predicted octanol–water partition coefficient (Wildman–Crippen LogP) is 2.29. The van der Waals surface area contributed by atoms with Crippen LogP contribution in [-0.4, -0.2) is 55.7 Å². The van der Waals surface area contributed by atoms with E-state index in [1.165, 1.54) is 16.4 Å². The van der Waals surface area contributed by atoms with Crippen LogP contribution < -0.4 is 10.6 Å². The zero-order chi connectivity index (χ0) is 19.3. The summed E-state index contributed by atoms with van der Waals surface area (Å²) >= 11 is 11.7. The normalized spacial score (nSPS) is 16.4. The van der Waals surface area contributed by atoms with E-state index >= 15 is 0 Å². The Morgan fingerprint density at radius 1 is 1.27 bits per heavy atom. The minimum atomic E-state index is -3.13. The topological polar surface area (TPSA) is 98.7 Å². The third-order valence-corrected chi connectivity index (χ3v) is 7.00. The van der Waals surface area contributed by atoms with E-state index in [2.05, 4.69) is 10.6 Å². The van der Waals surface area contributed by atoms with Crippen LogP contribution in [0.4, 0.5) is 5.69 Å². The Labute approximate surface area is 163 Å². The van der Waals surface area contributed by atoms with Gasteiger partial charge >= 0.3 is 0 Å². The van der Waals surface area contributed by atoms with Crippen LogP contribution in [0.3, 0.4) is 0 Å². The number of hydrogen-bond donors (Lipinski definition) is 3. The second-order valence-corrected chi connectivity index (χ2v) is 9.26. The van der Waals surface area contributed by atoms with Crippen molar-refractivity contribution in [3.63, 3.8) is 0 Å². The molecule has 26 heavy (non-hydrogen) atoms. The van der Waals surface area contributed by atoms with Gasteiger partial charge in [0.1, 0.15) is 5.75 Å². The molecular formula is C16H23Cl2N3O4S. The molecule has 0 aromatic heterocycles. The molecule has 2 rings (SSSR count). The fraction of sp³-hybridized carbons (Fsp3) is 0.562. The summed E-state index contributed by atoms with van der Waals surface area (Å²) in [6.07, 6.45) is 1.45. The molecule has 1 amide bonds. The number of rotatable bonds is 7. The second-order valence-electron chi connectivity index (χ2n) is 6.18. The molecule has 3 N–H and O–H groups in total. The number of nitrogens with one attached hydrogen (secondary N) is 2. The summed E-state index contributed by atoms with van der Waals surface area (Å²) in [7, 11) is -3.13. The molecule has 7 nitrogen and oxygen atoms in total. The number of amides is 1. The van der Waals surface area contributed by atoms with E-state index in [4.69, 9.17) is 23.2 Å². The summed E-state index contributed by atoms with van der Waals surface area (Å²) in [5.41, 5.74) is 0.327.